The topological polar surface area (TPSA) is 60.2 Å². The van der Waals surface area contributed by atoms with Gasteiger partial charge in [-0.1, -0.05) is 18.2 Å². The Morgan fingerprint density at radius 2 is 2.00 bits per heavy atom. The van der Waals surface area contributed by atoms with Crippen molar-refractivity contribution in [3.63, 3.8) is 0 Å². The molecule has 0 fully saturated rings. The van der Waals surface area contributed by atoms with E-state index in [2.05, 4.69) is 15.5 Å². The first kappa shape index (κ1) is 12.6. The Balaban J connectivity index is 1.99. The van der Waals surface area contributed by atoms with Crippen molar-refractivity contribution in [1.29, 1.82) is 0 Å². The molecule has 1 atom stereocenters. The van der Waals surface area contributed by atoms with E-state index in [9.17, 15) is 0 Å². The quantitative estimate of drug-likeness (QED) is 0.788. The lowest BCUT2D eigenvalue weighted by Gasteiger charge is -2.12. The Morgan fingerprint density at radius 1 is 1.15 bits per heavy atom. The molecule has 1 N–H and O–H groups in total. The van der Waals surface area contributed by atoms with Crippen LogP contribution >= 0.6 is 0 Å². The Labute approximate surface area is 116 Å². The zero-order valence-electron chi connectivity index (χ0n) is 11.3. The number of hydrogen-bond acceptors (Lipinski definition) is 5. The van der Waals surface area contributed by atoms with Crippen LogP contribution in [0.15, 0.2) is 46.9 Å². The fraction of sp³-hybridized carbons (Fsp3) is 0.200. The molecule has 0 bridgehead atoms. The van der Waals surface area contributed by atoms with Crippen molar-refractivity contribution in [1.82, 2.24) is 15.5 Å². The molecule has 0 aliphatic rings. The second-order valence-corrected chi connectivity index (χ2v) is 4.41. The molecule has 5 heteroatoms. The Bertz CT molecular complexity index is 673. The maximum Gasteiger partial charge on any atom is 0.233 e. The van der Waals surface area contributed by atoms with Gasteiger partial charge in [0.1, 0.15) is 17.4 Å². The summed E-state index contributed by atoms with van der Waals surface area (Å²) in [5, 5.41) is 12.4. The Hall–Kier alpha value is -2.40. The maximum atomic E-state index is 5.87. The van der Waals surface area contributed by atoms with Crippen molar-refractivity contribution in [2.75, 3.05) is 14.2 Å². The number of nitrogens with one attached hydrogen (secondary N) is 1. The lowest BCUT2D eigenvalue weighted by Crippen LogP contribution is -2.18. The number of nitrogens with zero attached hydrogens (tertiary/aromatic N) is 2. The second-order valence-electron chi connectivity index (χ2n) is 4.41. The van der Waals surface area contributed by atoms with Crippen LogP contribution in [-0.4, -0.2) is 24.4 Å². The number of hydrogen-bond donors (Lipinski definition) is 1. The molecule has 0 aliphatic heterocycles. The second kappa shape index (κ2) is 5.30. The molecule has 0 saturated carbocycles. The summed E-state index contributed by atoms with van der Waals surface area (Å²) in [6.45, 7) is 0. The van der Waals surface area contributed by atoms with Gasteiger partial charge >= 0.3 is 0 Å². The third-order valence-corrected chi connectivity index (χ3v) is 3.18. The van der Waals surface area contributed by atoms with Gasteiger partial charge in [0, 0.05) is 11.5 Å². The highest BCUT2D eigenvalue weighted by Gasteiger charge is 2.18. The van der Waals surface area contributed by atoms with Gasteiger partial charge in [0.25, 0.3) is 0 Å². The number of methoxy groups -OCH3 is 1. The van der Waals surface area contributed by atoms with E-state index in [4.69, 9.17) is 9.15 Å². The van der Waals surface area contributed by atoms with E-state index < -0.39 is 0 Å². The van der Waals surface area contributed by atoms with Crippen LogP contribution in [0, 0.1) is 0 Å². The SMILES string of the molecule is CNC(c1ccc(OC)nn1)c1cc2ccccc2o1. The smallest absolute Gasteiger partial charge is 0.233 e. The molecule has 0 spiro atoms. The average molecular weight is 269 g/mol. The summed E-state index contributed by atoms with van der Waals surface area (Å²) < 4.78 is 10.9. The van der Waals surface area contributed by atoms with Crippen LogP contribution in [0.4, 0.5) is 0 Å². The first-order valence-corrected chi connectivity index (χ1v) is 6.35. The Morgan fingerprint density at radius 3 is 2.65 bits per heavy atom. The van der Waals surface area contributed by atoms with Gasteiger partial charge in [0.2, 0.25) is 5.88 Å². The monoisotopic (exact) mass is 269 g/mol. The van der Waals surface area contributed by atoms with Crippen LogP contribution in [0.1, 0.15) is 17.5 Å². The van der Waals surface area contributed by atoms with Gasteiger partial charge in [-0.25, -0.2) is 0 Å². The molecule has 0 radical (unpaired) electrons. The lowest BCUT2D eigenvalue weighted by atomic mass is 10.1. The van der Waals surface area contributed by atoms with Crippen molar-refractivity contribution in [3.05, 3.63) is 53.9 Å². The first-order chi connectivity index (χ1) is 9.81. The van der Waals surface area contributed by atoms with Crippen molar-refractivity contribution < 1.29 is 9.15 Å². The highest BCUT2D eigenvalue weighted by atomic mass is 16.5. The molecule has 0 aliphatic carbocycles. The van der Waals surface area contributed by atoms with Crippen molar-refractivity contribution in [2.45, 2.75) is 6.04 Å². The van der Waals surface area contributed by atoms with Gasteiger partial charge in [0.05, 0.1) is 12.8 Å². The number of ether oxygens (including phenoxy) is 1. The molecule has 20 heavy (non-hydrogen) atoms. The molecular weight excluding hydrogens is 254 g/mol. The average Bonchev–Trinajstić information content (AvgIpc) is 2.92. The zero-order chi connectivity index (χ0) is 13.9. The highest BCUT2D eigenvalue weighted by molar-refractivity contribution is 5.77. The third-order valence-electron chi connectivity index (χ3n) is 3.18. The zero-order valence-corrected chi connectivity index (χ0v) is 11.3. The molecule has 3 rings (SSSR count). The Kier molecular flexibility index (Phi) is 3.35. The first-order valence-electron chi connectivity index (χ1n) is 6.35. The molecule has 2 heterocycles. The van der Waals surface area contributed by atoms with E-state index in [-0.39, 0.29) is 6.04 Å². The number of rotatable bonds is 4. The third kappa shape index (κ3) is 2.23. The van der Waals surface area contributed by atoms with Gasteiger partial charge in [-0.15, -0.1) is 10.2 Å². The summed E-state index contributed by atoms with van der Waals surface area (Å²) in [7, 11) is 3.43. The van der Waals surface area contributed by atoms with Crippen molar-refractivity contribution >= 4 is 11.0 Å². The van der Waals surface area contributed by atoms with Gasteiger partial charge < -0.3 is 14.5 Å². The van der Waals surface area contributed by atoms with E-state index >= 15 is 0 Å². The van der Waals surface area contributed by atoms with E-state index in [1.807, 2.05) is 43.4 Å². The fourth-order valence-electron chi connectivity index (χ4n) is 2.17. The van der Waals surface area contributed by atoms with E-state index in [1.165, 1.54) is 0 Å². The minimum Gasteiger partial charge on any atom is -0.480 e. The summed E-state index contributed by atoms with van der Waals surface area (Å²) in [6, 6.07) is 13.5. The molecule has 0 amide bonds. The van der Waals surface area contributed by atoms with Gasteiger partial charge in [-0.2, -0.15) is 0 Å². The maximum absolute atomic E-state index is 5.87. The number of aromatic nitrogens is 2. The summed E-state index contributed by atoms with van der Waals surface area (Å²) in [5.74, 6) is 1.31. The number of benzene rings is 1. The molecule has 2 aromatic heterocycles. The predicted octanol–water partition coefficient (Wildman–Crippen LogP) is 2.54. The minimum atomic E-state index is -0.138. The van der Waals surface area contributed by atoms with Crippen LogP contribution in [0.25, 0.3) is 11.0 Å². The standard InChI is InChI=1S/C15H15N3O2/c1-16-15(11-7-8-14(19-2)18-17-11)13-9-10-5-3-4-6-12(10)20-13/h3-9,15-16H,1-2H3. The summed E-state index contributed by atoms with van der Waals surface area (Å²) in [4.78, 5) is 0. The number of para-hydroxylation sites is 1. The van der Waals surface area contributed by atoms with Crippen LogP contribution in [0.3, 0.4) is 0 Å². The molecule has 1 aromatic carbocycles. The minimum absolute atomic E-state index is 0.138. The van der Waals surface area contributed by atoms with Gasteiger partial charge in [-0.3, -0.25) is 0 Å². The van der Waals surface area contributed by atoms with Gasteiger partial charge in [0.15, 0.2) is 0 Å². The van der Waals surface area contributed by atoms with Gasteiger partial charge in [-0.05, 0) is 25.2 Å². The molecule has 0 saturated heterocycles. The van der Waals surface area contributed by atoms with E-state index in [0.29, 0.717) is 5.88 Å². The molecular formula is C15H15N3O2. The van der Waals surface area contributed by atoms with Crippen LogP contribution in [-0.2, 0) is 0 Å². The summed E-state index contributed by atoms with van der Waals surface area (Å²) >= 11 is 0. The van der Waals surface area contributed by atoms with E-state index in [0.717, 1.165) is 22.4 Å². The van der Waals surface area contributed by atoms with E-state index in [1.54, 1.807) is 13.2 Å². The summed E-state index contributed by atoms with van der Waals surface area (Å²) in [6.07, 6.45) is 0. The molecule has 3 aromatic rings. The number of fused-ring (bicyclic) bond motifs is 1. The lowest BCUT2D eigenvalue weighted by molar-refractivity contribution is 0.389. The molecule has 102 valence electrons. The van der Waals surface area contributed by atoms with Crippen molar-refractivity contribution in [3.8, 4) is 5.88 Å². The normalized spacial score (nSPS) is 12.5. The van der Waals surface area contributed by atoms with Crippen LogP contribution < -0.4 is 10.1 Å². The molecule has 1 unspecified atom stereocenters. The summed E-state index contributed by atoms with van der Waals surface area (Å²) in [5.41, 5.74) is 1.65. The number of furan rings is 1. The van der Waals surface area contributed by atoms with Crippen LogP contribution in [0.2, 0.25) is 0 Å². The largest absolute Gasteiger partial charge is 0.480 e. The highest BCUT2D eigenvalue weighted by Crippen LogP contribution is 2.27. The van der Waals surface area contributed by atoms with Crippen LogP contribution in [0.5, 0.6) is 5.88 Å². The predicted molar refractivity (Wildman–Crippen MR) is 75.7 cm³/mol. The fourth-order valence-corrected chi connectivity index (χ4v) is 2.17. The molecule has 5 nitrogen and oxygen atoms in total. The van der Waals surface area contributed by atoms with Crippen molar-refractivity contribution in [2.24, 2.45) is 0 Å².